The van der Waals surface area contributed by atoms with Crippen molar-refractivity contribution in [2.24, 2.45) is 0 Å². The Bertz CT molecular complexity index is 365. The zero-order chi connectivity index (χ0) is 12.8. The largest absolute Gasteiger partial charge is 0.481 e. The Morgan fingerprint density at radius 2 is 2.35 bits per heavy atom. The Kier molecular flexibility index (Phi) is 5.37. The van der Waals surface area contributed by atoms with Gasteiger partial charge in [-0.25, -0.2) is 4.98 Å². The van der Waals surface area contributed by atoms with Crippen LogP contribution in [-0.4, -0.2) is 47.1 Å². The minimum atomic E-state index is -0.846. The van der Waals surface area contributed by atoms with Gasteiger partial charge < -0.3 is 15.3 Å². The minimum Gasteiger partial charge on any atom is -0.481 e. The highest BCUT2D eigenvalue weighted by atomic mass is 32.1. The van der Waals surface area contributed by atoms with Crippen molar-refractivity contribution in [3.63, 3.8) is 0 Å². The van der Waals surface area contributed by atoms with Gasteiger partial charge in [0, 0.05) is 24.5 Å². The first kappa shape index (κ1) is 13.9. The first-order valence-electron chi connectivity index (χ1n) is 5.59. The van der Waals surface area contributed by atoms with E-state index in [1.165, 1.54) is 11.3 Å². The molecule has 0 radical (unpaired) electrons. The summed E-state index contributed by atoms with van der Waals surface area (Å²) in [6.07, 6.45) is -0.00984. The molecule has 0 aromatic carbocycles. The number of carboxylic acids is 1. The van der Waals surface area contributed by atoms with Crippen LogP contribution in [0.25, 0.3) is 0 Å². The number of nitrogens with zero attached hydrogens (tertiary/aromatic N) is 2. The maximum Gasteiger partial charge on any atom is 0.309 e. The highest BCUT2D eigenvalue weighted by Gasteiger charge is 2.06. The average molecular weight is 257 g/mol. The molecule has 0 bridgehead atoms. The van der Waals surface area contributed by atoms with Crippen LogP contribution in [-0.2, 0) is 11.2 Å². The van der Waals surface area contributed by atoms with Crippen LogP contribution in [0.15, 0.2) is 5.38 Å². The summed E-state index contributed by atoms with van der Waals surface area (Å²) in [6.45, 7) is 6.04. The standard InChI is InChI=1S/C11H19N3O2S/c1-8(2)14(3)5-4-12-11-13-9(7-17-11)6-10(15)16/h7-8H,4-6H2,1-3H3,(H,12,13)(H,15,16). The van der Waals surface area contributed by atoms with Gasteiger partial charge in [0.15, 0.2) is 5.13 Å². The molecule has 2 N–H and O–H groups in total. The van der Waals surface area contributed by atoms with E-state index >= 15 is 0 Å². The van der Waals surface area contributed by atoms with Gasteiger partial charge in [0.1, 0.15) is 0 Å². The van der Waals surface area contributed by atoms with Crippen LogP contribution < -0.4 is 5.32 Å². The SMILES string of the molecule is CC(C)N(C)CCNc1nc(CC(=O)O)cs1. The molecular weight excluding hydrogens is 238 g/mol. The number of aromatic nitrogens is 1. The molecule has 0 aliphatic heterocycles. The molecule has 6 heteroatoms. The van der Waals surface area contributed by atoms with Crippen molar-refractivity contribution in [3.8, 4) is 0 Å². The maximum absolute atomic E-state index is 10.5. The normalized spacial score (nSPS) is 11.1. The van der Waals surface area contributed by atoms with E-state index in [-0.39, 0.29) is 6.42 Å². The number of aliphatic carboxylic acids is 1. The number of likely N-dealkylation sites (N-methyl/N-ethyl adjacent to an activating group) is 1. The van der Waals surface area contributed by atoms with Crippen LogP contribution in [0, 0.1) is 0 Å². The highest BCUT2D eigenvalue weighted by Crippen LogP contribution is 2.15. The van der Waals surface area contributed by atoms with Crippen LogP contribution in [0.4, 0.5) is 5.13 Å². The fourth-order valence-electron chi connectivity index (χ4n) is 1.22. The van der Waals surface area contributed by atoms with Crippen LogP contribution in [0.1, 0.15) is 19.5 Å². The lowest BCUT2D eigenvalue weighted by molar-refractivity contribution is -0.136. The van der Waals surface area contributed by atoms with Gasteiger partial charge in [0.05, 0.1) is 12.1 Å². The van der Waals surface area contributed by atoms with Gasteiger partial charge in [0.25, 0.3) is 0 Å². The second-order valence-corrected chi connectivity index (χ2v) is 5.07. The molecular formula is C11H19N3O2S. The Morgan fingerprint density at radius 3 is 2.94 bits per heavy atom. The molecule has 5 nitrogen and oxygen atoms in total. The molecule has 17 heavy (non-hydrogen) atoms. The van der Waals surface area contributed by atoms with Crippen molar-refractivity contribution < 1.29 is 9.90 Å². The predicted octanol–water partition coefficient (Wildman–Crippen LogP) is 1.52. The van der Waals surface area contributed by atoms with E-state index in [1.54, 1.807) is 5.38 Å². The minimum absolute atomic E-state index is 0.00984. The van der Waals surface area contributed by atoms with Gasteiger partial charge in [-0.1, -0.05) is 0 Å². The second kappa shape index (κ2) is 6.56. The van der Waals surface area contributed by atoms with E-state index in [0.29, 0.717) is 11.7 Å². The van der Waals surface area contributed by atoms with Gasteiger partial charge in [-0.05, 0) is 20.9 Å². The van der Waals surface area contributed by atoms with Gasteiger partial charge in [-0.15, -0.1) is 11.3 Å². The molecule has 0 atom stereocenters. The van der Waals surface area contributed by atoms with Crippen molar-refractivity contribution in [3.05, 3.63) is 11.1 Å². The molecule has 0 amide bonds. The number of carboxylic acid groups (broad SMARTS) is 1. The molecule has 0 aliphatic rings. The van der Waals surface area contributed by atoms with Gasteiger partial charge in [-0.3, -0.25) is 4.79 Å². The van der Waals surface area contributed by atoms with E-state index in [9.17, 15) is 4.79 Å². The van der Waals surface area contributed by atoms with Gasteiger partial charge in [-0.2, -0.15) is 0 Å². The summed E-state index contributed by atoms with van der Waals surface area (Å²) in [5.41, 5.74) is 0.613. The summed E-state index contributed by atoms with van der Waals surface area (Å²) in [6, 6.07) is 0.524. The Balaban J connectivity index is 2.32. The topological polar surface area (TPSA) is 65.5 Å². The highest BCUT2D eigenvalue weighted by molar-refractivity contribution is 7.13. The molecule has 1 aromatic heterocycles. The molecule has 1 heterocycles. The molecule has 1 aromatic rings. The lowest BCUT2D eigenvalue weighted by Crippen LogP contribution is -2.31. The molecule has 0 fully saturated rings. The Morgan fingerprint density at radius 1 is 1.65 bits per heavy atom. The molecule has 96 valence electrons. The molecule has 0 spiro atoms. The first-order valence-corrected chi connectivity index (χ1v) is 6.47. The van der Waals surface area contributed by atoms with Crippen LogP contribution in [0.5, 0.6) is 0 Å². The number of hydrogen-bond donors (Lipinski definition) is 2. The number of rotatable bonds is 7. The monoisotopic (exact) mass is 257 g/mol. The third kappa shape index (κ3) is 5.14. The first-order chi connectivity index (χ1) is 7.99. The summed E-state index contributed by atoms with van der Waals surface area (Å²) in [4.78, 5) is 16.9. The number of carbonyl (C=O) groups is 1. The van der Waals surface area contributed by atoms with Crippen molar-refractivity contribution in [2.45, 2.75) is 26.3 Å². The molecule has 0 aliphatic carbocycles. The van der Waals surface area contributed by atoms with Crippen molar-refractivity contribution >= 4 is 22.4 Å². The summed E-state index contributed by atoms with van der Waals surface area (Å²) >= 11 is 1.45. The van der Waals surface area contributed by atoms with Crippen LogP contribution in [0.3, 0.4) is 0 Å². The Hall–Kier alpha value is -1.14. The predicted molar refractivity (Wildman–Crippen MR) is 69.7 cm³/mol. The zero-order valence-electron chi connectivity index (χ0n) is 10.4. The summed E-state index contributed by atoms with van der Waals surface area (Å²) in [5.74, 6) is -0.846. The molecule has 0 unspecified atom stereocenters. The van der Waals surface area contributed by atoms with Gasteiger partial charge >= 0.3 is 5.97 Å². The summed E-state index contributed by atoms with van der Waals surface area (Å²) in [7, 11) is 2.07. The van der Waals surface area contributed by atoms with Crippen molar-refractivity contribution in [1.29, 1.82) is 0 Å². The van der Waals surface area contributed by atoms with Crippen molar-refractivity contribution in [1.82, 2.24) is 9.88 Å². The van der Waals surface area contributed by atoms with Gasteiger partial charge in [0.2, 0.25) is 0 Å². The number of anilines is 1. The molecule has 0 saturated carbocycles. The van der Waals surface area contributed by atoms with Crippen LogP contribution in [0.2, 0.25) is 0 Å². The lowest BCUT2D eigenvalue weighted by Gasteiger charge is -2.20. The fraction of sp³-hybridized carbons (Fsp3) is 0.636. The van der Waals surface area contributed by atoms with Crippen molar-refractivity contribution in [2.75, 3.05) is 25.5 Å². The summed E-state index contributed by atoms with van der Waals surface area (Å²) in [5, 5.41) is 14.4. The number of hydrogen-bond acceptors (Lipinski definition) is 5. The Labute approximate surface area is 105 Å². The smallest absolute Gasteiger partial charge is 0.309 e. The fourth-order valence-corrected chi connectivity index (χ4v) is 1.96. The zero-order valence-corrected chi connectivity index (χ0v) is 11.3. The summed E-state index contributed by atoms with van der Waals surface area (Å²) < 4.78 is 0. The molecule has 1 rings (SSSR count). The van der Waals surface area contributed by atoms with Crippen LogP contribution >= 0.6 is 11.3 Å². The van der Waals surface area contributed by atoms with E-state index in [2.05, 4.69) is 36.1 Å². The lowest BCUT2D eigenvalue weighted by atomic mass is 10.3. The van der Waals surface area contributed by atoms with E-state index in [1.807, 2.05) is 0 Å². The van der Waals surface area contributed by atoms with E-state index in [4.69, 9.17) is 5.11 Å². The quantitative estimate of drug-likeness (QED) is 0.775. The molecule has 0 saturated heterocycles. The third-order valence-electron chi connectivity index (χ3n) is 2.51. The number of thiazole rings is 1. The van der Waals surface area contributed by atoms with E-state index < -0.39 is 5.97 Å². The second-order valence-electron chi connectivity index (χ2n) is 4.22. The third-order valence-corrected chi connectivity index (χ3v) is 3.36. The number of nitrogens with one attached hydrogen (secondary N) is 1. The van der Waals surface area contributed by atoms with E-state index in [0.717, 1.165) is 18.2 Å². The maximum atomic E-state index is 10.5. The average Bonchev–Trinajstić information content (AvgIpc) is 2.64.